The van der Waals surface area contributed by atoms with Crippen LogP contribution in [-0.4, -0.2) is 43.1 Å². The first-order chi connectivity index (χ1) is 18.3. The van der Waals surface area contributed by atoms with Gasteiger partial charge in [-0.25, -0.2) is 4.98 Å². The van der Waals surface area contributed by atoms with Crippen LogP contribution in [0.5, 0.6) is 17.2 Å². The number of hydrogen-bond acceptors (Lipinski definition) is 8. The summed E-state index contributed by atoms with van der Waals surface area (Å²) in [7, 11) is 4.50. The average molecular weight is 531 g/mol. The molecule has 2 heterocycles. The normalized spacial score (nSPS) is 16.8. The number of aliphatic hydroxyl groups is 1. The van der Waals surface area contributed by atoms with E-state index in [0.717, 1.165) is 21.3 Å². The summed E-state index contributed by atoms with van der Waals surface area (Å²) < 4.78 is 17.4. The number of Topliss-reactive ketones (excluding diaryl/α,β-unsaturated/α-hetero) is 1. The van der Waals surface area contributed by atoms with Crippen molar-refractivity contribution in [2.75, 3.05) is 26.2 Å². The predicted molar refractivity (Wildman–Crippen MR) is 146 cm³/mol. The SMILES string of the molecule is COc1cccc(/C(O)=C2\C(=O)C(=O)N(c3nc4c(C)cc(C)cc4s3)[C@@H]2c2cccc(OC)c2OC)c1. The third kappa shape index (κ3) is 4.05. The molecule has 1 aliphatic rings. The number of anilines is 1. The van der Waals surface area contributed by atoms with Crippen molar-refractivity contribution in [3.05, 3.63) is 82.4 Å². The highest BCUT2D eigenvalue weighted by molar-refractivity contribution is 7.22. The number of carbonyl (C=O) groups is 2. The molecule has 1 aliphatic heterocycles. The summed E-state index contributed by atoms with van der Waals surface area (Å²) in [6, 6.07) is 14.9. The van der Waals surface area contributed by atoms with Crippen LogP contribution >= 0.6 is 11.3 Å². The lowest BCUT2D eigenvalue weighted by Gasteiger charge is -2.25. The summed E-state index contributed by atoms with van der Waals surface area (Å²) >= 11 is 1.31. The summed E-state index contributed by atoms with van der Waals surface area (Å²) in [5.41, 5.74) is 3.51. The standard InChI is InChI=1S/C29H26N2O6S/c1-15-12-16(2)23-21(13-15)38-29(30-23)31-24(19-10-7-11-20(36-4)27(19)37-5)22(26(33)28(31)34)25(32)17-8-6-9-18(14-17)35-3/h6-14,24,32H,1-5H3/b25-22+/t24-/m1/s1. The van der Waals surface area contributed by atoms with Gasteiger partial charge in [-0.3, -0.25) is 14.5 Å². The van der Waals surface area contributed by atoms with Crippen LogP contribution in [0.1, 0.15) is 28.3 Å². The fourth-order valence-corrected chi connectivity index (χ4v) is 6.01. The first-order valence-corrected chi connectivity index (χ1v) is 12.6. The van der Waals surface area contributed by atoms with Crippen molar-refractivity contribution in [1.29, 1.82) is 0 Å². The number of amides is 1. The maximum absolute atomic E-state index is 13.6. The molecule has 0 bridgehead atoms. The largest absolute Gasteiger partial charge is 0.507 e. The first-order valence-electron chi connectivity index (χ1n) is 11.8. The van der Waals surface area contributed by atoms with Gasteiger partial charge in [-0.1, -0.05) is 41.7 Å². The minimum Gasteiger partial charge on any atom is -0.507 e. The number of carbonyl (C=O) groups excluding carboxylic acids is 2. The molecule has 0 spiro atoms. The van der Waals surface area contributed by atoms with Gasteiger partial charge in [0.25, 0.3) is 5.78 Å². The van der Waals surface area contributed by atoms with E-state index in [2.05, 4.69) is 0 Å². The molecule has 38 heavy (non-hydrogen) atoms. The van der Waals surface area contributed by atoms with E-state index in [1.54, 1.807) is 42.5 Å². The maximum atomic E-state index is 13.6. The number of nitrogens with zero attached hydrogens (tertiary/aromatic N) is 2. The van der Waals surface area contributed by atoms with E-state index >= 15 is 0 Å². The van der Waals surface area contributed by atoms with Crippen molar-refractivity contribution in [2.45, 2.75) is 19.9 Å². The lowest BCUT2D eigenvalue weighted by Crippen LogP contribution is -2.29. The van der Waals surface area contributed by atoms with E-state index in [4.69, 9.17) is 19.2 Å². The number of thiazole rings is 1. The van der Waals surface area contributed by atoms with Crippen molar-refractivity contribution in [1.82, 2.24) is 4.98 Å². The van der Waals surface area contributed by atoms with Gasteiger partial charge in [0.1, 0.15) is 17.6 Å². The fraction of sp³-hybridized carbons (Fsp3) is 0.207. The average Bonchev–Trinajstić information content (AvgIpc) is 3.46. The van der Waals surface area contributed by atoms with Crippen molar-refractivity contribution in [3.63, 3.8) is 0 Å². The molecule has 5 rings (SSSR count). The summed E-state index contributed by atoms with van der Waals surface area (Å²) in [4.78, 5) is 33.3. The highest BCUT2D eigenvalue weighted by atomic mass is 32.1. The summed E-state index contributed by atoms with van der Waals surface area (Å²) in [6.07, 6.45) is 0. The zero-order valence-electron chi connectivity index (χ0n) is 21.6. The second-order valence-corrected chi connectivity index (χ2v) is 9.92. The lowest BCUT2D eigenvalue weighted by atomic mass is 9.94. The number of aryl methyl sites for hydroxylation is 2. The van der Waals surface area contributed by atoms with Crippen molar-refractivity contribution < 1.29 is 28.9 Å². The number of ketones is 1. The second-order valence-electron chi connectivity index (χ2n) is 8.91. The lowest BCUT2D eigenvalue weighted by molar-refractivity contribution is -0.132. The van der Waals surface area contributed by atoms with Crippen molar-refractivity contribution in [3.8, 4) is 17.2 Å². The van der Waals surface area contributed by atoms with Gasteiger partial charge in [0.2, 0.25) is 0 Å². The number of rotatable bonds is 6. The Balaban J connectivity index is 1.80. The topological polar surface area (TPSA) is 98.2 Å². The molecule has 1 saturated heterocycles. The van der Waals surface area contributed by atoms with Crippen LogP contribution in [0.3, 0.4) is 0 Å². The van der Waals surface area contributed by atoms with Gasteiger partial charge < -0.3 is 19.3 Å². The smallest absolute Gasteiger partial charge is 0.301 e. The molecule has 0 saturated carbocycles. The Kier molecular flexibility index (Phi) is 6.54. The highest BCUT2D eigenvalue weighted by Crippen LogP contribution is 2.48. The molecule has 0 unspecified atom stereocenters. The number of aliphatic hydroxyl groups excluding tert-OH is 1. The zero-order valence-corrected chi connectivity index (χ0v) is 22.4. The Labute approximate surface area is 223 Å². The minimum atomic E-state index is -1.02. The molecular weight excluding hydrogens is 504 g/mol. The van der Waals surface area contributed by atoms with Gasteiger partial charge >= 0.3 is 5.91 Å². The van der Waals surface area contributed by atoms with E-state index in [0.29, 0.717) is 33.5 Å². The van der Waals surface area contributed by atoms with Crippen LogP contribution in [0.2, 0.25) is 0 Å². The third-order valence-electron chi connectivity index (χ3n) is 6.54. The molecule has 1 aromatic heterocycles. The van der Waals surface area contributed by atoms with Crippen LogP contribution in [-0.2, 0) is 9.59 Å². The van der Waals surface area contributed by atoms with Gasteiger partial charge in [-0.2, -0.15) is 0 Å². The Morgan fingerprint density at radius 2 is 1.74 bits per heavy atom. The van der Waals surface area contributed by atoms with Crippen LogP contribution in [0.4, 0.5) is 5.13 Å². The number of fused-ring (bicyclic) bond motifs is 1. The van der Waals surface area contributed by atoms with Crippen LogP contribution in [0.25, 0.3) is 16.0 Å². The van der Waals surface area contributed by atoms with Gasteiger partial charge in [0, 0.05) is 11.1 Å². The molecule has 0 aliphatic carbocycles. The highest BCUT2D eigenvalue weighted by Gasteiger charge is 2.49. The minimum absolute atomic E-state index is 0.0815. The molecule has 0 radical (unpaired) electrons. The van der Waals surface area contributed by atoms with Gasteiger partial charge in [0.15, 0.2) is 16.6 Å². The number of methoxy groups -OCH3 is 3. The summed E-state index contributed by atoms with van der Waals surface area (Å²) in [6.45, 7) is 3.95. The van der Waals surface area contributed by atoms with Crippen LogP contribution < -0.4 is 19.1 Å². The Morgan fingerprint density at radius 1 is 0.974 bits per heavy atom. The Morgan fingerprint density at radius 3 is 2.45 bits per heavy atom. The fourth-order valence-electron chi connectivity index (χ4n) is 4.84. The van der Waals surface area contributed by atoms with Crippen molar-refractivity contribution >= 4 is 44.1 Å². The van der Waals surface area contributed by atoms with Gasteiger partial charge in [-0.05, 0) is 49.2 Å². The number of hydrogen-bond donors (Lipinski definition) is 1. The number of para-hydroxylation sites is 1. The third-order valence-corrected chi connectivity index (χ3v) is 7.54. The van der Waals surface area contributed by atoms with E-state index < -0.39 is 17.7 Å². The maximum Gasteiger partial charge on any atom is 0.301 e. The van der Waals surface area contributed by atoms with Crippen molar-refractivity contribution in [2.24, 2.45) is 0 Å². The number of aromatic nitrogens is 1. The molecule has 1 fully saturated rings. The molecular formula is C29H26N2O6S. The quantitative estimate of drug-likeness (QED) is 0.198. The molecule has 8 nitrogen and oxygen atoms in total. The summed E-state index contributed by atoms with van der Waals surface area (Å²) in [5, 5.41) is 11.8. The molecule has 9 heteroatoms. The van der Waals surface area contributed by atoms with Crippen LogP contribution in [0, 0.1) is 13.8 Å². The van der Waals surface area contributed by atoms with E-state index in [-0.39, 0.29) is 11.3 Å². The molecule has 1 N–H and O–H groups in total. The first kappa shape index (κ1) is 25.3. The second kappa shape index (κ2) is 9.83. The van der Waals surface area contributed by atoms with E-state index in [1.165, 1.54) is 37.6 Å². The zero-order chi connectivity index (χ0) is 27.1. The predicted octanol–water partition coefficient (Wildman–Crippen LogP) is 5.57. The molecule has 4 aromatic rings. The molecule has 3 aromatic carbocycles. The van der Waals surface area contributed by atoms with E-state index in [9.17, 15) is 14.7 Å². The van der Waals surface area contributed by atoms with Gasteiger partial charge in [-0.15, -0.1) is 0 Å². The molecule has 1 amide bonds. The van der Waals surface area contributed by atoms with E-state index in [1.807, 2.05) is 26.0 Å². The molecule has 194 valence electrons. The summed E-state index contributed by atoms with van der Waals surface area (Å²) in [5.74, 6) is -0.682. The Bertz CT molecular complexity index is 1620. The number of ether oxygens (including phenoxy) is 3. The number of benzene rings is 3. The van der Waals surface area contributed by atoms with Gasteiger partial charge in [0.05, 0.1) is 37.1 Å². The van der Waals surface area contributed by atoms with Crippen LogP contribution in [0.15, 0.2) is 60.2 Å². The Hall–Kier alpha value is -4.37. The molecule has 1 atom stereocenters. The monoisotopic (exact) mass is 530 g/mol.